The molecule has 0 radical (unpaired) electrons. The van der Waals surface area contributed by atoms with E-state index in [1.807, 2.05) is 0 Å². The number of carbonyl (C=O) groups is 1. The number of halogens is 2. The molecule has 0 spiro atoms. The Bertz CT molecular complexity index is 963. The predicted molar refractivity (Wildman–Crippen MR) is 95.1 cm³/mol. The van der Waals surface area contributed by atoms with Gasteiger partial charge in [0.1, 0.15) is 29.0 Å². The van der Waals surface area contributed by atoms with E-state index >= 15 is 0 Å². The van der Waals surface area contributed by atoms with Gasteiger partial charge < -0.3 is 9.64 Å². The maximum absolute atomic E-state index is 14.5. The van der Waals surface area contributed by atoms with Gasteiger partial charge in [0.2, 0.25) is 5.88 Å². The summed E-state index contributed by atoms with van der Waals surface area (Å²) in [5.74, 6) is -1.26. The van der Waals surface area contributed by atoms with Crippen LogP contribution in [0.2, 0.25) is 0 Å². The second-order valence-electron chi connectivity index (χ2n) is 6.40. The second kappa shape index (κ2) is 7.71. The third kappa shape index (κ3) is 3.68. The number of amides is 1. The number of pyridine rings is 1. The lowest BCUT2D eigenvalue weighted by molar-refractivity contribution is 0.0523. The first-order chi connectivity index (χ1) is 13.6. The summed E-state index contributed by atoms with van der Waals surface area (Å²) in [6.45, 7) is 0.758. The summed E-state index contributed by atoms with van der Waals surface area (Å²) in [5.41, 5.74) is 0.192. The minimum absolute atomic E-state index is 0.0840. The molecule has 0 N–H and O–H groups in total. The number of hydrogen-bond acceptors (Lipinski definition) is 5. The van der Waals surface area contributed by atoms with Crippen LogP contribution in [0.3, 0.4) is 0 Å². The molecule has 1 aliphatic heterocycles. The van der Waals surface area contributed by atoms with Gasteiger partial charge in [0, 0.05) is 12.6 Å². The minimum Gasteiger partial charge on any atom is -0.472 e. The fourth-order valence-electron chi connectivity index (χ4n) is 3.21. The molecule has 1 amide bonds. The standard InChI is InChI=1S/C19H17F2N5O2/c20-13-6-7-17(22-11-13)28-14-3-2-10-25(12-14)19(27)18-15(21)4-1-5-16(18)26-23-8-9-24-26/h1,4-9,11,14H,2-3,10,12H2/t14-/m1/s1. The SMILES string of the molecule is O=C(c1c(F)cccc1-n1nccn1)N1CCC[C@@H](Oc2ccc(F)cn2)C1. The van der Waals surface area contributed by atoms with Crippen LogP contribution in [0, 0.1) is 11.6 Å². The summed E-state index contributed by atoms with van der Waals surface area (Å²) in [6, 6.07) is 7.04. The molecule has 1 fully saturated rings. The van der Waals surface area contributed by atoms with Gasteiger partial charge in [-0.1, -0.05) is 6.07 Å². The van der Waals surface area contributed by atoms with Gasteiger partial charge in [-0.25, -0.2) is 13.8 Å². The topological polar surface area (TPSA) is 73.1 Å². The van der Waals surface area contributed by atoms with E-state index < -0.39 is 17.5 Å². The fourth-order valence-corrected chi connectivity index (χ4v) is 3.21. The van der Waals surface area contributed by atoms with Crippen molar-refractivity contribution in [2.24, 2.45) is 0 Å². The van der Waals surface area contributed by atoms with Crippen LogP contribution < -0.4 is 4.74 Å². The number of aromatic nitrogens is 4. The Hall–Kier alpha value is -3.36. The van der Waals surface area contributed by atoms with Crippen molar-refractivity contribution < 1.29 is 18.3 Å². The van der Waals surface area contributed by atoms with Crippen LogP contribution in [0.4, 0.5) is 8.78 Å². The Morgan fingerprint density at radius 2 is 1.96 bits per heavy atom. The van der Waals surface area contributed by atoms with E-state index in [0.717, 1.165) is 6.20 Å². The van der Waals surface area contributed by atoms with Crippen LogP contribution in [-0.2, 0) is 0 Å². The molecule has 3 heterocycles. The number of benzene rings is 1. The van der Waals surface area contributed by atoms with Gasteiger partial charge in [-0.15, -0.1) is 0 Å². The van der Waals surface area contributed by atoms with Crippen molar-refractivity contribution in [3.8, 4) is 11.6 Å². The number of likely N-dealkylation sites (tertiary alicyclic amines) is 1. The van der Waals surface area contributed by atoms with Crippen molar-refractivity contribution in [2.45, 2.75) is 18.9 Å². The zero-order chi connectivity index (χ0) is 19.5. The van der Waals surface area contributed by atoms with E-state index in [2.05, 4.69) is 15.2 Å². The smallest absolute Gasteiger partial charge is 0.259 e. The summed E-state index contributed by atoms with van der Waals surface area (Å²) in [7, 11) is 0. The largest absolute Gasteiger partial charge is 0.472 e. The van der Waals surface area contributed by atoms with Crippen molar-refractivity contribution in [1.82, 2.24) is 24.9 Å². The van der Waals surface area contributed by atoms with Crippen LogP contribution in [-0.4, -0.2) is 50.0 Å². The number of ether oxygens (including phenoxy) is 1. The van der Waals surface area contributed by atoms with E-state index in [-0.39, 0.29) is 29.8 Å². The second-order valence-corrected chi connectivity index (χ2v) is 6.40. The Kier molecular flexibility index (Phi) is 4.96. The molecule has 0 unspecified atom stereocenters. The zero-order valence-electron chi connectivity index (χ0n) is 14.8. The average Bonchev–Trinajstić information content (AvgIpc) is 3.24. The zero-order valence-corrected chi connectivity index (χ0v) is 14.8. The maximum Gasteiger partial charge on any atom is 0.259 e. The highest BCUT2D eigenvalue weighted by Gasteiger charge is 2.29. The molecule has 0 bridgehead atoms. The minimum atomic E-state index is -0.636. The lowest BCUT2D eigenvalue weighted by atomic mass is 10.1. The molecule has 1 saturated heterocycles. The van der Waals surface area contributed by atoms with E-state index in [1.165, 1.54) is 41.5 Å². The molecule has 144 valence electrons. The quantitative estimate of drug-likeness (QED) is 0.690. The third-order valence-electron chi connectivity index (χ3n) is 4.49. The number of carbonyl (C=O) groups excluding carboxylic acids is 1. The molecule has 1 aromatic carbocycles. The lowest BCUT2D eigenvalue weighted by Crippen LogP contribution is -2.45. The highest BCUT2D eigenvalue weighted by atomic mass is 19.1. The summed E-state index contributed by atoms with van der Waals surface area (Å²) in [6.07, 6.45) is 5.09. The van der Waals surface area contributed by atoms with Crippen molar-refractivity contribution in [1.29, 1.82) is 0 Å². The Labute approximate surface area is 159 Å². The summed E-state index contributed by atoms with van der Waals surface area (Å²) >= 11 is 0. The molecular formula is C19H17F2N5O2. The Morgan fingerprint density at radius 3 is 2.71 bits per heavy atom. The monoisotopic (exact) mass is 385 g/mol. The Balaban J connectivity index is 1.54. The molecule has 1 aliphatic rings. The first-order valence-electron chi connectivity index (χ1n) is 8.84. The van der Waals surface area contributed by atoms with Crippen LogP contribution in [0.5, 0.6) is 5.88 Å². The molecular weight excluding hydrogens is 368 g/mol. The molecule has 0 aliphatic carbocycles. The molecule has 28 heavy (non-hydrogen) atoms. The van der Waals surface area contributed by atoms with Crippen molar-refractivity contribution in [3.05, 3.63) is 66.1 Å². The molecule has 4 rings (SSSR count). The van der Waals surface area contributed by atoms with E-state index in [9.17, 15) is 13.6 Å². The van der Waals surface area contributed by atoms with E-state index in [0.29, 0.717) is 19.4 Å². The average molecular weight is 385 g/mol. The molecule has 2 aromatic heterocycles. The van der Waals surface area contributed by atoms with Gasteiger partial charge in [0.15, 0.2) is 0 Å². The molecule has 0 saturated carbocycles. The fraction of sp³-hybridized carbons (Fsp3) is 0.263. The van der Waals surface area contributed by atoms with Gasteiger partial charge in [0.05, 0.1) is 25.1 Å². The van der Waals surface area contributed by atoms with Gasteiger partial charge in [-0.05, 0) is 31.0 Å². The summed E-state index contributed by atoms with van der Waals surface area (Å²) in [5, 5.41) is 8.00. The molecule has 7 nitrogen and oxygen atoms in total. The number of nitrogens with zero attached hydrogens (tertiary/aromatic N) is 5. The van der Waals surface area contributed by atoms with Gasteiger partial charge in [-0.3, -0.25) is 4.79 Å². The number of hydrogen-bond donors (Lipinski definition) is 0. The predicted octanol–water partition coefficient (Wildman–Crippen LogP) is 2.62. The van der Waals surface area contributed by atoms with Crippen molar-refractivity contribution in [3.63, 3.8) is 0 Å². The van der Waals surface area contributed by atoms with Gasteiger partial charge in [0.25, 0.3) is 5.91 Å². The first-order valence-corrected chi connectivity index (χ1v) is 8.84. The molecule has 1 atom stereocenters. The number of piperidine rings is 1. The normalized spacial score (nSPS) is 16.8. The maximum atomic E-state index is 14.5. The van der Waals surface area contributed by atoms with Gasteiger partial charge in [-0.2, -0.15) is 15.0 Å². The van der Waals surface area contributed by atoms with E-state index in [4.69, 9.17) is 4.74 Å². The van der Waals surface area contributed by atoms with Crippen LogP contribution in [0.25, 0.3) is 5.69 Å². The first kappa shape index (κ1) is 18.0. The van der Waals surface area contributed by atoms with E-state index in [1.54, 1.807) is 11.0 Å². The highest BCUT2D eigenvalue weighted by Crippen LogP contribution is 2.23. The summed E-state index contributed by atoms with van der Waals surface area (Å²) < 4.78 is 33.3. The molecule has 3 aromatic rings. The molecule has 9 heteroatoms. The van der Waals surface area contributed by atoms with Crippen LogP contribution >= 0.6 is 0 Å². The van der Waals surface area contributed by atoms with Crippen molar-refractivity contribution in [2.75, 3.05) is 13.1 Å². The third-order valence-corrected chi connectivity index (χ3v) is 4.49. The number of rotatable bonds is 4. The van der Waals surface area contributed by atoms with Crippen LogP contribution in [0.15, 0.2) is 48.9 Å². The summed E-state index contributed by atoms with van der Waals surface area (Å²) in [4.78, 5) is 19.7. The van der Waals surface area contributed by atoms with Gasteiger partial charge >= 0.3 is 0 Å². The lowest BCUT2D eigenvalue weighted by Gasteiger charge is -2.33. The highest BCUT2D eigenvalue weighted by molar-refractivity contribution is 5.98. The Morgan fingerprint density at radius 1 is 1.14 bits per heavy atom. The van der Waals surface area contributed by atoms with Crippen LogP contribution in [0.1, 0.15) is 23.2 Å². The van der Waals surface area contributed by atoms with Crippen molar-refractivity contribution >= 4 is 5.91 Å².